The molecule has 2 rings (SSSR count). The molecule has 27 heavy (non-hydrogen) atoms. The topological polar surface area (TPSA) is 76.7 Å². The number of methoxy groups -OCH3 is 1. The first-order valence-corrected chi connectivity index (χ1v) is 8.83. The molecule has 6 nitrogen and oxygen atoms in total. The smallest absolute Gasteiger partial charge is 0.340 e. The number of urea groups is 1. The highest BCUT2D eigenvalue weighted by molar-refractivity contribution is 6.00. The standard InChI is InChI=1S/C21H26N2O4/c1-5-27-19(24)17-8-6-7-9-18(17)23-20(25)22-14-21(2,3)15-10-12-16(26-4)13-11-15/h6-13H,5,14H2,1-4H3,(H2,22,23,25). The third-order valence-corrected chi connectivity index (χ3v) is 4.23. The minimum absolute atomic E-state index is 0.273. The molecule has 0 atom stereocenters. The van der Waals surface area contributed by atoms with Crippen LogP contribution in [0.2, 0.25) is 0 Å². The summed E-state index contributed by atoms with van der Waals surface area (Å²) in [6.45, 7) is 6.52. The summed E-state index contributed by atoms with van der Waals surface area (Å²) < 4.78 is 10.2. The molecular weight excluding hydrogens is 344 g/mol. The van der Waals surface area contributed by atoms with Crippen molar-refractivity contribution in [2.75, 3.05) is 25.6 Å². The normalized spacial score (nSPS) is 10.8. The van der Waals surface area contributed by atoms with E-state index in [1.165, 1.54) is 0 Å². The van der Waals surface area contributed by atoms with E-state index in [-0.39, 0.29) is 18.1 Å². The van der Waals surface area contributed by atoms with Gasteiger partial charge in [0.15, 0.2) is 0 Å². The largest absolute Gasteiger partial charge is 0.497 e. The van der Waals surface area contributed by atoms with Gasteiger partial charge < -0.3 is 20.1 Å². The van der Waals surface area contributed by atoms with Crippen LogP contribution in [0.5, 0.6) is 5.75 Å². The molecule has 0 aliphatic carbocycles. The van der Waals surface area contributed by atoms with Crippen molar-refractivity contribution < 1.29 is 19.1 Å². The van der Waals surface area contributed by atoms with Crippen molar-refractivity contribution in [3.63, 3.8) is 0 Å². The molecule has 2 amide bonds. The molecule has 0 aliphatic rings. The predicted molar refractivity (Wildman–Crippen MR) is 105 cm³/mol. The van der Waals surface area contributed by atoms with Crippen LogP contribution in [0.15, 0.2) is 48.5 Å². The number of esters is 1. The van der Waals surface area contributed by atoms with E-state index in [1.54, 1.807) is 38.3 Å². The number of ether oxygens (including phenoxy) is 2. The summed E-state index contributed by atoms with van der Waals surface area (Å²) in [7, 11) is 1.63. The number of nitrogens with one attached hydrogen (secondary N) is 2. The van der Waals surface area contributed by atoms with E-state index < -0.39 is 5.97 Å². The maximum Gasteiger partial charge on any atom is 0.340 e. The first-order chi connectivity index (χ1) is 12.9. The lowest BCUT2D eigenvalue weighted by Crippen LogP contribution is -2.39. The zero-order valence-electron chi connectivity index (χ0n) is 16.2. The highest BCUT2D eigenvalue weighted by atomic mass is 16.5. The second-order valence-electron chi connectivity index (χ2n) is 6.69. The zero-order valence-corrected chi connectivity index (χ0v) is 16.2. The van der Waals surface area contributed by atoms with Gasteiger partial charge in [0, 0.05) is 12.0 Å². The van der Waals surface area contributed by atoms with E-state index in [4.69, 9.17) is 9.47 Å². The lowest BCUT2D eigenvalue weighted by atomic mass is 9.84. The molecule has 0 aromatic heterocycles. The van der Waals surface area contributed by atoms with E-state index in [9.17, 15) is 9.59 Å². The Hall–Kier alpha value is -3.02. The van der Waals surface area contributed by atoms with Crippen molar-refractivity contribution in [2.45, 2.75) is 26.2 Å². The Balaban J connectivity index is 2.00. The molecule has 6 heteroatoms. The fraction of sp³-hybridized carbons (Fsp3) is 0.333. The molecule has 2 aromatic carbocycles. The average molecular weight is 370 g/mol. The maximum absolute atomic E-state index is 12.3. The number of hydrogen-bond acceptors (Lipinski definition) is 4. The minimum atomic E-state index is -0.466. The van der Waals surface area contributed by atoms with Crippen LogP contribution in [0.25, 0.3) is 0 Å². The van der Waals surface area contributed by atoms with Crippen LogP contribution in [-0.4, -0.2) is 32.3 Å². The second kappa shape index (κ2) is 9.07. The van der Waals surface area contributed by atoms with Gasteiger partial charge >= 0.3 is 12.0 Å². The highest BCUT2D eigenvalue weighted by Gasteiger charge is 2.22. The number of carbonyl (C=O) groups is 2. The van der Waals surface area contributed by atoms with Gasteiger partial charge in [0.05, 0.1) is 25.0 Å². The monoisotopic (exact) mass is 370 g/mol. The fourth-order valence-corrected chi connectivity index (χ4v) is 2.59. The molecule has 0 saturated carbocycles. The molecule has 0 fully saturated rings. The second-order valence-corrected chi connectivity index (χ2v) is 6.69. The van der Waals surface area contributed by atoms with Gasteiger partial charge in [0.1, 0.15) is 5.75 Å². The van der Waals surface area contributed by atoms with Crippen molar-refractivity contribution in [2.24, 2.45) is 0 Å². The van der Waals surface area contributed by atoms with Crippen molar-refractivity contribution >= 4 is 17.7 Å². The van der Waals surface area contributed by atoms with Gasteiger partial charge in [-0.05, 0) is 36.8 Å². The number of para-hydroxylation sites is 1. The van der Waals surface area contributed by atoms with Gasteiger partial charge in [-0.1, -0.05) is 38.1 Å². The number of rotatable bonds is 7. The molecule has 2 N–H and O–H groups in total. The van der Waals surface area contributed by atoms with Crippen LogP contribution in [0.1, 0.15) is 36.7 Å². The van der Waals surface area contributed by atoms with Crippen LogP contribution in [0.4, 0.5) is 10.5 Å². The van der Waals surface area contributed by atoms with Gasteiger partial charge in [-0.25, -0.2) is 9.59 Å². The van der Waals surface area contributed by atoms with Gasteiger partial charge in [-0.15, -0.1) is 0 Å². The average Bonchev–Trinajstić information content (AvgIpc) is 2.67. The van der Waals surface area contributed by atoms with Crippen molar-refractivity contribution in [3.05, 3.63) is 59.7 Å². The predicted octanol–water partition coefficient (Wildman–Crippen LogP) is 3.97. The maximum atomic E-state index is 12.3. The van der Waals surface area contributed by atoms with Crippen LogP contribution in [0.3, 0.4) is 0 Å². The van der Waals surface area contributed by atoms with Crippen molar-refractivity contribution in [3.8, 4) is 5.75 Å². The van der Waals surface area contributed by atoms with Gasteiger partial charge in [-0.2, -0.15) is 0 Å². The van der Waals surface area contributed by atoms with Crippen LogP contribution in [0, 0.1) is 0 Å². The lowest BCUT2D eigenvalue weighted by Gasteiger charge is -2.26. The number of anilines is 1. The number of amides is 2. The van der Waals surface area contributed by atoms with E-state index in [2.05, 4.69) is 10.6 Å². The Morgan fingerprint density at radius 2 is 1.70 bits per heavy atom. The first kappa shape index (κ1) is 20.3. The highest BCUT2D eigenvalue weighted by Crippen LogP contribution is 2.24. The number of hydrogen-bond donors (Lipinski definition) is 2. The summed E-state index contributed by atoms with van der Waals surface area (Å²) >= 11 is 0. The molecule has 0 bridgehead atoms. The van der Waals surface area contributed by atoms with Crippen molar-refractivity contribution in [1.82, 2.24) is 5.32 Å². The van der Waals surface area contributed by atoms with Gasteiger partial charge in [0.25, 0.3) is 0 Å². The number of benzene rings is 2. The van der Waals surface area contributed by atoms with Crippen molar-refractivity contribution in [1.29, 1.82) is 0 Å². The Bertz CT molecular complexity index is 785. The van der Waals surface area contributed by atoms with E-state index in [1.807, 2.05) is 38.1 Å². The molecule has 0 radical (unpaired) electrons. The molecule has 0 heterocycles. The van der Waals surface area contributed by atoms with Crippen LogP contribution in [-0.2, 0) is 10.2 Å². The minimum Gasteiger partial charge on any atom is -0.497 e. The Morgan fingerprint density at radius 3 is 2.33 bits per heavy atom. The summed E-state index contributed by atoms with van der Waals surface area (Å²) in [6, 6.07) is 14.1. The first-order valence-electron chi connectivity index (χ1n) is 8.83. The molecule has 144 valence electrons. The summed E-state index contributed by atoms with van der Waals surface area (Å²) in [6.07, 6.45) is 0. The Kier molecular flexibility index (Phi) is 6.82. The summed E-state index contributed by atoms with van der Waals surface area (Å²) in [5, 5.41) is 5.58. The Labute approximate surface area is 159 Å². The lowest BCUT2D eigenvalue weighted by molar-refractivity contribution is 0.0527. The van der Waals surface area contributed by atoms with Gasteiger partial charge in [-0.3, -0.25) is 0 Å². The zero-order chi connectivity index (χ0) is 19.9. The molecule has 0 aliphatic heterocycles. The van der Waals surface area contributed by atoms with E-state index in [0.29, 0.717) is 17.8 Å². The van der Waals surface area contributed by atoms with Gasteiger partial charge in [0.2, 0.25) is 0 Å². The quantitative estimate of drug-likeness (QED) is 0.723. The third-order valence-electron chi connectivity index (χ3n) is 4.23. The summed E-state index contributed by atoms with van der Waals surface area (Å²) in [5.41, 5.74) is 1.54. The van der Waals surface area contributed by atoms with E-state index >= 15 is 0 Å². The van der Waals surface area contributed by atoms with E-state index in [0.717, 1.165) is 11.3 Å². The third kappa shape index (κ3) is 5.48. The molecule has 0 saturated heterocycles. The molecule has 0 spiro atoms. The number of carbonyl (C=O) groups excluding carboxylic acids is 2. The molecule has 0 unspecified atom stereocenters. The van der Waals surface area contributed by atoms with Crippen LogP contribution < -0.4 is 15.4 Å². The fourth-order valence-electron chi connectivity index (χ4n) is 2.59. The SMILES string of the molecule is CCOC(=O)c1ccccc1NC(=O)NCC(C)(C)c1ccc(OC)cc1. The Morgan fingerprint density at radius 1 is 1.04 bits per heavy atom. The summed E-state index contributed by atoms with van der Waals surface area (Å²) in [4.78, 5) is 24.3. The molecular formula is C21H26N2O4. The summed E-state index contributed by atoms with van der Waals surface area (Å²) in [5.74, 6) is 0.322. The van der Waals surface area contributed by atoms with Crippen LogP contribution >= 0.6 is 0 Å². The molecule has 2 aromatic rings.